The van der Waals surface area contributed by atoms with Gasteiger partial charge < -0.3 is 39.3 Å². The van der Waals surface area contributed by atoms with Crippen LogP contribution in [0.4, 0.5) is 4.79 Å². The standard InChI is InChI=1S/C45H60N2O8S/c1-2-25-52-45-40(56-34-17-6-7-18-34)29-38(47-55-41-20-10-13-26-51-41)36-27-32(16-8-11-23-48)35(19-9-12-24-49)42(43(36)45)37-28-33(21-22-39(37)54-45)53-44(50)46-30-31-14-4-3-5-15-31/h2-5,14-15,21-22,27-28,32,34-35,40-43,48-49H,1,6-13,16-20,23-26,29-30H2,(H,46,50). The number of thioether (sulfide) groups is 1. The molecule has 0 bridgehead atoms. The fraction of sp³-hybridized carbons (Fsp3) is 0.600. The average molecular weight is 789 g/mol. The molecule has 7 rings (SSSR count). The Kier molecular flexibility index (Phi) is 14.5. The van der Waals surface area contributed by atoms with Crippen LogP contribution in [0.25, 0.3) is 0 Å². The summed E-state index contributed by atoms with van der Waals surface area (Å²) in [5, 5.41) is 28.0. The lowest BCUT2D eigenvalue weighted by Crippen LogP contribution is -2.64. The highest BCUT2D eigenvalue weighted by molar-refractivity contribution is 8.00. The number of allylic oxidation sites excluding steroid dienone is 1. The largest absolute Gasteiger partial charge is 0.460 e. The second kappa shape index (κ2) is 19.9. The van der Waals surface area contributed by atoms with Gasteiger partial charge in [0.2, 0.25) is 12.1 Å². The molecule has 2 aromatic carbocycles. The van der Waals surface area contributed by atoms with Crippen LogP contribution >= 0.6 is 11.8 Å². The number of amides is 1. The predicted octanol–water partition coefficient (Wildman–Crippen LogP) is 8.81. The number of oxime groups is 1. The Bertz CT molecular complexity index is 1660. The summed E-state index contributed by atoms with van der Waals surface area (Å²) in [5.41, 5.74) is 3.97. The van der Waals surface area contributed by atoms with Gasteiger partial charge in [0, 0.05) is 49.3 Å². The van der Waals surface area contributed by atoms with E-state index in [0.29, 0.717) is 43.6 Å². The Balaban J connectivity index is 1.32. The number of nitrogens with zero attached hydrogens (tertiary/aromatic N) is 1. The molecule has 1 saturated heterocycles. The van der Waals surface area contributed by atoms with Crippen LogP contribution < -0.4 is 14.8 Å². The van der Waals surface area contributed by atoms with Crippen molar-refractivity contribution in [2.24, 2.45) is 22.9 Å². The fourth-order valence-corrected chi connectivity index (χ4v) is 11.4. The van der Waals surface area contributed by atoms with Gasteiger partial charge in [0.25, 0.3) is 0 Å². The molecule has 5 aliphatic rings. The number of carbonyl (C=O) groups excluding carboxylic acids is 1. The highest BCUT2D eigenvalue weighted by atomic mass is 32.2. The van der Waals surface area contributed by atoms with E-state index in [1.54, 1.807) is 6.08 Å². The minimum absolute atomic E-state index is 0.0818. The highest BCUT2D eigenvalue weighted by Crippen LogP contribution is 2.63. The van der Waals surface area contributed by atoms with Gasteiger partial charge in [-0.15, -0.1) is 18.3 Å². The van der Waals surface area contributed by atoms with Crippen molar-refractivity contribution in [1.29, 1.82) is 0 Å². The van der Waals surface area contributed by atoms with Gasteiger partial charge in [-0.05, 0) is 92.5 Å². The number of benzene rings is 2. The molecule has 304 valence electrons. The Hall–Kier alpha value is -3.35. The fourth-order valence-electron chi connectivity index (χ4n) is 9.59. The molecule has 3 aliphatic carbocycles. The van der Waals surface area contributed by atoms with Gasteiger partial charge in [-0.2, -0.15) is 0 Å². The van der Waals surface area contributed by atoms with Gasteiger partial charge in [-0.25, -0.2) is 4.79 Å². The maximum atomic E-state index is 13.2. The first-order valence-electron chi connectivity index (χ1n) is 21.0. The quantitative estimate of drug-likeness (QED) is 0.0772. The monoisotopic (exact) mass is 788 g/mol. The van der Waals surface area contributed by atoms with E-state index in [-0.39, 0.29) is 48.4 Å². The van der Waals surface area contributed by atoms with E-state index in [0.717, 1.165) is 92.4 Å². The number of aliphatic hydroxyl groups excluding tert-OH is 2. The summed E-state index contributed by atoms with van der Waals surface area (Å²) < 4.78 is 26.3. The Morgan fingerprint density at radius 3 is 2.54 bits per heavy atom. The van der Waals surface area contributed by atoms with Crippen LogP contribution in [0.1, 0.15) is 107 Å². The topological polar surface area (TPSA) is 128 Å². The van der Waals surface area contributed by atoms with E-state index < -0.39 is 11.9 Å². The maximum Gasteiger partial charge on any atom is 0.412 e. The van der Waals surface area contributed by atoms with Crippen molar-refractivity contribution < 1.29 is 38.8 Å². The molecule has 0 aromatic heterocycles. The van der Waals surface area contributed by atoms with E-state index >= 15 is 0 Å². The molecule has 7 unspecified atom stereocenters. The van der Waals surface area contributed by atoms with Gasteiger partial charge in [0.1, 0.15) is 11.5 Å². The number of hydrogen-bond donors (Lipinski definition) is 3. The second-order valence-corrected chi connectivity index (χ2v) is 17.4. The summed E-state index contributed by atoms with van der Waals surface area (Å²) in [4.78, 5) is 19.4. The SMILES string of the molecule is C=CCOC12Oc3ccc(OC(=O)NCc4ccccc4)cc3C3C(CCCCO)C(CCCCO)C=C(C(=NOC4CCCCO4)CC1SC1CCCC1)C32. The van der Waals surface area contributed by atoms with Gasteiger partial charge in [-0.1, -0.05) is 73.3 Å². The van der Waals surface area contributed by atoms with Crippen molar-refractivity contribution in [2.45, 2.75) is 125 Å². The van der Waals surface area contributed by atoms with Gasteiger partial charge in [0.05, 0.1) is 30.1 Å². The Morgan fingerprint density at radius 2 is 1.79 bits per heavy atom. The zero-order chi connectivity index (χ0) is 38.7. The number of hydrogen-bond acceptors (Lipinski definition) is 10. The molecule has 2 aromatic rings. The van der Waals surface area contributed by atoms with Crippen molar-refractivity contribution in [3.05, 3.63) is 84.0 Å². The third kappa shape index (κ3) is 9.50. The van der Waals surface area contributed by atoms with Crippen LogP contribution in [0.15, 0.2) is 78.0 Å². The molecule has 2 saturated carbocycles. The summed E-state index contributed by atoms with van der Waals surface area (Å²) in [6, 6.07) is 15.5. The Labute approximate surface area is 336 Å². The predicted molar refractivity (Wildman–Crippen MR) is 219 cm³/mol. The molecule has 7 atom stereocenters. The number of ether oxygens (including phenoxy) is 4. The number of unbranched alkanes of at least 4 members (excludes halogenated alkanes) is 2. The second-order valence-electron chi connectivity index (χ2n) is 15.9. The molecule has 2 heterocycles. The summed E-state index contributed by atoms with van der Waals surface area (Å²) in [6.07, 6.45) is 16.5. The highest BCUT2D eigenvalue weighted by Gasteiger charge is 2.64. The van der Waals surface area contributed by atoms with Gasteiger partial charge in [-0.3, -0.25) is 0 Å². The van der Waals surface area contributed by atoms with Crippen LogP contribution in [-0.4, -0.2) is 71.0 Å². The smallest absolute Gasteiger partial charge is 0.412 e. The van der Waals surface area contributed by atoms with Gasteiger partial charge >= 0.3 is 6.09 Å². The molecular formula is C45H60N2O8S. The van der Waals surface area contributed by atoms with Gasteiger partial charge in [0.15, 0.2) is 0 Å². The number of rotatable bonds is 18. The molecule has 3 N–H and O–H groups in total. The lowest BCUT2D eigenvalue weighted by molar-refractivity contribution is -0.223. The number of fused-ring (bicyclic) bond motifs is 2. The molecule has 0 spiro atoms. The molecule has 0 radical (unpaired) electrons. The lowest BCUT2D eigenvalue weighted by atomic mass is 9.56. The summed E-state index contributed by atoms with van der Waals surface area (Å²) in [5.74, 6) is 0.149. The van der Waals surface area contributed by atoms with E-state index in [4.69, 9.17) is 28.9 Å². The molecule has 56 heavy (non-hydrogen) atoms. The summed E-state index contributed by atoms with van der Waals surface area (Å²) >= 11 is 1.98. The molecule has 1 amide bonds. The third-order valence-electron chi connectivity index (χ3n) is 12.2. The number of carbonyl (C=O) groups is 1. The van der Waals surface area contributed by atoms with E-state index in [1.807, 2.05) is 60.3 Å². The van der Waals surface area contributed by atoms with Crippen molar-refractivity contribution >= 4 is 23.6 Å². The van der Waals surface area contributed by atoms with Crippen LogP contribution in [0.3, 0.4) is 0 Å². The normalized spacial score (nSPS) is 29.1. The molecule has 11 heteroatoms. The first-order chi connectivity index (χ1) is 27.5. The zero-order valence-corrected chi connectivity index (χ0v) is 33.5. The van der Waals surface area contributed by atoms with Crippen molar-refractivity contribution in [3.8, 4) is 11.5 Å². The zero-order valence-electron chi connectivity index (χ0n) is 32.7. The number of nitrogens with one attached hydrogen (secondary N) is 1. The first-order valence-corrected chi connectivity index (χ1v) is 22.0. The molecule has 10 nitrogen and oxygen atoms in total. The van der Waals surface area contributed by atoms with E-state index in [1.165, 1.54) is 12.8 Å². The Morgan fingerprint density at radius 1 is 1.00 bits per heavy atom. The summed E-state index contributed by atoms with van der Waals surface area (Å²) in [6.45, 7) is 5.69. The van der Waals surface area contributed by atoms with Crippen LogP contribution in [0.2, 0.25) is 0 Å². The molecule has 2 aliphatic heterocycles. The molecular weight excluding hydrogens is 729 g/mol. The van der Waals surface area contributed by atoms with Crippen molar-refractivity contribution in [3.63, 3.8) is 0 Å². The van der Waals surface area contributed by atoms with Crippen LogP contribution in [-0.2, 0) is 20.9 Å². The minimum atomic E-state index is -1.02. The summed E-state index contributed by atoms with van der Waals surface area (Å²) in [7, 11) is 0. The first kappa shape index (κ1) is 40.8. The average Bonchev–Trinajstić information content (AvgIpc) is 3.74. The van der Waals surface area contributed by atoms with Crippen LogP contribution in [0, 0.1) is 17.8 Å². The third-order valence-corrected chi connectivity index (χ3v) is 13.9. The van der Waals surface area contributed by atoms with Crippen molar-refractivity contribution in [1.82, 2.24) is 5.32 Å². The van der Waals surface area contributed by atoms with E-state index in [9.17, 15) is 15.0 Å². The maximum absolute atomic E-state index is 13.2. The van der Waals surface area contributed by atoms with E-state index in [2.05, 4.69) is 18.0 Å². The van der Waals surface area contributed by atoms with Crippen molar-refractivity contribution in [2.75, 3.05) is 26.4 Å². The number of aliphatic hydroxyl groups is 2. The molecule has 3 fully saturated rings. The van der Waals surface area contributed by atoms with Crippen LogP contribution in [0.5, 0.6) is 11.5 Å². The minimum Gasteiger partial charge on any atom is -0.460 e. The lowest BCUT2D eigenvalue weighted by Gasteiger charge is -2.58.